The van der Waals surface area contributed by atoms with Gasteiger partial charge in [0, 0.05) is 30.4 Å². The smallest absolute Gasteiger partial charge is 0.173 e. The van der Waals surface area contributed by atoms with Gasteiger partial charge in [0.2, 0.25) is 0 Å². The van der Waals surface area contributed by atoms with Crippen molar-refractivity contribution < 1.29 is 9.94 Å². The summed E-state index contributed by atoms with van der Waals surface area (Å²) in [5.74, 6) is 0.0777. The summed E-state index contributed by atoms with van der Waals surface area (Å²) in [5, 5.41) is 11.9. The van der Waals surface area contributed by atoms with Crippen molar-refractivity contribution >= 4 is 27.5 Å². The molecule has 3 N–H and O–H groups in total. The van der Waals surface area contributed by atoms with Crippen molar-refractivity contribution in [3.05, 3.63) is 28.2 Å². The molecular weight excluding hydrogens is 298 g/mol. The van der Waals surface area contributed by atoms with E-state index >= 15 is 0 Å². The summed E-state index contributed by atoms with van der Waals surface area (Å²) in [7, 11) is 3.61. The molecule has 0 radical (unpaired) electrons. The summed E-state index contributed by atoms with van der Waals surface area (Å²) in [6.07, 6.45) is 0. The second kappa shape index (κ2) is 6.61. The van der Waals surface area contributed by atoms with Gasteiger partial charge < -0.3 is 20.6 Å². The fraction of sp³-hybridized carbons (Fsp3) is 0.417. The maximum Gasteiger partial charge on any atom is 0.173 e. The summed E-state index contributed by atoms with van der Waals surface area (Å²) in [6, 6.07) is 5.86. The summed E-state index contributed by atoms with van der Waals surface area (Å²) in [5.41, 5.74) is 7.27. The number of hydrogen-bond acceptors (Lipinski definition) is 4. The van der Waals surface area contributed by atoms with Gasteiger partial charge in [-0.1, -0.05) is 11.2 Å². The van der Waals surface area contributed by atoms with Crippen molar-refractivity contribution in [2.45, 2.75) is 13.0 Å². The molecule has 0 fully saturated rings. The van der Waals surface area contributed by atoms with Crippen molar-refractivity contribution in [2.75, 3.05) is 25.7 Å². The molecular formula is C12H18BrN3O2. The van der Waals surface area contributed by atoms with Crippen molar-refractivity contribution in [3.8, 4) is 0 Å². The van der Waals surface area contributed by atoms with E-state index in [1.165, 1.54) is 0 Å². The topological polar surface area (TPSA) is 71.1 Å². The minimum absolute atomic E-state index is 0.0777. The second-order valence-electron chi connectivity index (χ2n) is 4.03. The van der Waals surface area contributed by atoms with Crippen LogP contribution in [-0.2, 0) is 4.74 Å². The number of likely N-dealkylation sites (N-methyl/N-ethyl adjacent to an activating group) is 1. The number of benzene rings is 1. The normalized spacial score (nSPS) is 13.4. The lowest BCUT2D eigenvalue weighted by Crippen LogP contribution is -2.34. The van der Waals surface area contributed by atoms with Gasteiger partial charge in [0.25, 0.3) is 0 Å². The number of rotatable bonds is 5. The van der Waals surface area contributed by atoms with Gasteiger partial charge in [-0.05, 0) is 35.0 Å². The van der Waals surface area contributed by atoms with Crippen LogP contribution in [0, 0.1) is 0 Å². The standard InChI is InChI=1S/C12H18BrN3O2/c1-8(7-18-3)16(2)10-6-4-5-9(13)11(10)12(14)15-17/h4-6,8,17H,7H2,1-3H3,(H2,14,15). The van der Waals surface area contributed by atoms with Crippen LogP contribution in [0.25, 0.3) is 0 Å². The molecule has 0 amide bonds. The average Bonchev–Trinajstić information content (AvgIpc) is 2.37. The maximum absolute atomic E-state index is 8.86. The van der Waals surface area contributed by atoms with E-state index < -0.39 is 0 Å². The third-order valence-corrected chi connectivity index (χ3v) is 3.47. The van der Waals surface area contributed by atoms with Crippen LogP contribution in [0.15, 0.2) is 27.8 Å². The van der Waals surface area contributed by atoms with E-state index in [0.29, 0.717) is 12.2 Å². The molecule has 0 aliphatic rings. The van der Waals surface area contributed by atoms with E-state index in [9.17, 15) is 0 Å². The van der Waals surface area contributed by atoms with Crippen LogP contribution >= 0.6 is 15.9 Å². The number of nitrogens with two attached hydrogens (primary N) is 1. The van der Waals surface area contributed by atoms with Gasteiger partial charge >= 0.3 is 0 Å². The summed E-state index contributed by atoms with van der Waals surface area (Å²) < 4.78 is 5.92. The lowest BCUT2D eigenvalue weighted by atomic mass is 10.1. The number of oxime groups is 1. The average molecular weight is 316 g/mol. The Morgan fingerprint density at radius 3 is 2.83 bits per heavy atom. The first kappa shape index (κ1) is 14.8. The number of nitrogens with zero attached hydrogens (tertiary/aromatic N) is 2. The zero-order chi connectivity index (χ0) is 13.7. The van der Waals surface area contributed by atoms with Crippen LogP contribution in [0.3, 0.4) is 0 Å². The Morgan fingerprint density at radius 2 is 2.28 bits per heavy atom. The van der Waals surface area contributed by atoms with Crippen molar-refractivity contribution in [2.24, 2.45) is 10.9 Å². The predicted molar refractivity (Wildman–Crippen MR) is 76.4 cm³/mol. The van der Waals surface area contributed by atoms with E-state index in [4.69, 9.17) is 15.7 Å². The van der Waals surface area contributed by atoms with Crippen LogP contribution in [0.4, 0.5) is 5.69 Å². The van der Waals surface area contributed by atoms with Crippen molar-refractivity contribution in [3.63, 3.8) is 0 Å². The highest BCUT2D eigenvalue weighted by Gasteiger charge is 2.17. The quantitative estimate of drug-likeness (QED) is 0.377. The highest BCUT2D eigenvalue weighted by Crippen LogP contribution is 2.28. The molecule has 0 heterocycles. The van der Waals surface area contributed by atoms with Crippen LogP contribution in [0.2, 0.25) is 0 Å². The van der Waals surface area contributed by atoms with E-state index in [2.05, 4.69) is 21.1 Å². The second-order valence-corrected chi connectivity index (χ2v) is 4.89. The fourth-order valence-electron chi connectivity index (χ4n) is 1.70. The first-order chi connectivity index (χ1) is 8.52. The van der Waals surface area contributed by atoms with Gasteiger partial charge in [-0.3, -0.25) is 0 Å². The van der Waals surface area contributed by atoms with Crippen LogP contribution in [0.5, 0.6) is 0 Å². The lowest BCUT2D eigenvalue weighted by Gasteiger charge is -2.28. The summed E-state index contributed by atoms with van der Waals surface area (Å²) >= 11 is 3.42. The highest BCUT2D eigenvalue weighted by atomic mass is 79.9. The van der Waals surface area contributed by atoms with Crippen LogP contribution in [0.1, 0.15) is 12.5 Å². The molecule has 1 atom stereocenters. The van der Waals surface area contributed by atoms with Gasteiger partial charge in [-0.2, -0.15) is 0 Å². The molecule has 0 spiro atoms. The SMILES string of the molecule is COCC(C)N(C)c1cccc(Br)c1/C(N)=N/O. The Hall–Kier alpha value is -1.27. The Morgan fingerprint density at radius 1 is 1.61 bits per heavy atom. The molecule has 0 saturated heterocycles. The van der Waals surface area contributed by atoms with Gasteiger partial charge in [0.15, 0.2) is 5.84 Å². The van der Waals surface area contributed by atoms with E-state index in [0.717, 1.165) is 10.2 Å². The summed E-state index contributed by atoms with van der Waals surface area (Å²) in [4.78, 5) is 2.03. The van der Waals surface area contributed by atoms with E-state index in [1.54, 1.807) is 7.11 Å². The monoisotopic (exact) mass is 315 g/mol. The fourth-order valence-corrected chi connectivity index (χ4v) is 2.26. The molecule has 6 heteroatoms. The van der Waals surface area contributed by atoms with E-state index in [-0.39, 0.29) is 11.9 Å². The Bertz CT molecular complexity index is 437. The molecule has 0 bridgehead atoms. The van der Waals surface area contributed by atoms with E-state index in [1.807, 2.05) is 37.1 Å². The van der Waals surface area contributed by atoms with Gasteiger partial charge in [-0.15, -0.1) is 0 Å². The summed E-state index contributed by atoms with van der Waals surface area (Å²) in [6.45, 7) is 2.64. The van der Waals surface area contributed by atoms with Gasteiger partial charge in [0.05, 0.1) is 12.2 Å². The maximum atomic E-state index is 8.86. The molecule has 1 aromatic carbocycles. The number of anilines is 1. The first-order valence-electron chi connectivity index (χ1n) is 5.51. The number of methoxy groups -OCH3 is 1. The minimum Gasteiger partial charge on any atom is -0.409 e. The molecule has 5 nitrogen and oxygen atoms in total. The molecule has 18 heavy (non-hydrogen) atoms. The van der Waals surface area contributed by atoms with Crippen molar-refractivity contribution in [1.82, 2.24) is 0 Å². The molecule has 0 aliphatic carbocycles. The zero-order valence-electron chi connectivity index (χ0n) is 10.7. The minimum atomic E-state index is 0.0777. The van der Waals surface area contributed by atoms with Crippen LogP contribution in [-0.4, -0.2) is 37.8 Å². The lowest BCUT2D eigenvalue weighted by molar-refractivity contribution is 0.183. The molecule has 1 rings (SSSR count). The molecule has 0 aliphatic heterocycles. The Kier molecular flexibility index (Phi) is 5.43. The molecule has 1 unspecified atom stereocenters. The molecule has 0 saturated carbocycles. The molecule has 0 aromatic heterocycles. The number of hydrogen-bond donors (Lipinski definition) is 2. The number of amidine groups is 1. The van der Waals surface area contributed by atoms with Crippen molar-refractivity contribution in [1.29, 1.82) is 0 Å². The van der Waals surface area contributed by atoms with Crippen LogP contribution < -0.4 is 10.6 Å². The molecule has 100 valence electrons. The van der Waals surface area contributed by atoms with Gasteiger partial charge in [0.1, 0.15) is 0 Å². The number of ether oxygens (including phenoxy) is 1. The third kappa shape index (κ3) is 3.14. The molecule has 1 aromatic rings. The Balaban J connectivity index is 3.20. The third-order valence-electron chi connectivity index (χ3n) is 2.80. The zero-order valence-corrected chi connectivity index (χ0v) is 12.3. The first-order valence-corrected chi connectivity index (χ1v) is 6.30. The largest absolute Gasteiger partial charge is 0.409 e. The van der Waals surface area contributed by atoms with Gasteiger partial charge in [-0.25, -0.2) is 0 Å². The number of halogens is 1. The predicted octanol–water partition coefficient (Wildman–Crippen LogP) is 2.01. The highest BCUT2D eigenvalue weighted by molar-refractivity contribution is 9.10. The Labute approximate surface area is 115 Å².